The summed E-state index contributed by atoms with van der Waals surface area (Å²) < 4.78 is 2.05. The van der Waals surface area contributed by atoms with Gasteiger partial charge in [0.15, 0.2) is 0 Å². The fourth-order valence-corrected chi connectivity index (χ4v) is 2.70. The van der Waals surface area contributed by atoms with E-state index in [4.69, 9.17) is 23.2 Å². The zero-order chi connectivity index (χ0) is 13.1. The molecule has 0 bridgehead atoms. The molecule has 2 rings (SSSR count). The molecule has 1 nitrogen and oxygen atoms in total. The number of halogens is 4. The maximum absolute atomic E-state index is 6.12. The Bertz CT molecular complexity index is 575. The third-order valence-corrected chi connectivity index (χ3v) is 4.61. The van der Waals surface area contributed by atoms with Crippen molar-refractivity contribution in [1.82, 2.24) is 0 Å². The van der Waals surface area contributed by atoms with Gasteiger partial charge in [0.25, 0.3) is 0 Å². The van der Waals surface area contributed by atoms with Gasteiger partial charge in [0.05, 0.1) is 15.7 Å². The summed E-state index contributed by atoms with van der Waals surface area (Å²) in [6, 6.07) is 11.8. The molecule has 0 unspecified atom stereocenters. The zero-order valence-electron chi connectivity index (χ0n) is 9.18. The molecule has 0 fully saturated rings. The molecule has 2 aromatic carbocycles. The third-order valence-electron chi connectivity index (χ3n) is 2.40. The summed E-state index contributed by atoms with van der Waals surface area (Å²) in [5.74, 6) is 0. The van der Waals surface area contributed by atoms with Crippen LogP contribution in [0.5, 0.6) is 0 Å². The van der Waals surface area contributed by atoms with Crippen molar-refractivity contribution in [3.63, 3.8) is 0 Å². The molecule has 0 amide bonds. The molecule has 0 saturated heterocycles. The first kappa shape index (κ1) is 14.4. The number of benzene rings is 2. The molecule has 18 heavy (non-hydrogen) atoms. The summed E-state index contributed by atoms with van der Waals surface area (Å²) in [4.78, 5) is 0. The minimum absolute atomic E-state index is 0.704. The zero-order valence-corrected chi connectivity index (χ0v) is 14.4. The van der Waals surface area contributed by atoms with Crippen LogP contribution in [-0.4, -0.2) is 0 Å². The van der Waals surface area contributed by atoms with E-state index in [-0.39, 0.29) is 0 Å². The van der Waals surface area contributed by atoms with Crippen molar-refractivity contribution in [2.75, 3.05) is 5.32 Å². The highest BCUT2D eigenvalue weighted by molar-refractivity contribution is 14.1. The van der Waals surface area contributed by atoms with E-state index in [2.05, 4.69) is 43.8 Å². The number of nitrogens with one attached hydrogen (secondary N) is 1. The minimum atomic E-state index is 0.704. The Morgan fingerprint density at radius 1 is 1.06 bits per heavy atom. The summed E-state index contributed by atoms with van der Waals surface area (Å²) in [6.45, 7) is 0.704. The molecular formula is C13H9BrCl2IN. The fraction of sp³-hybridized carbons (Fsp3) is 0.0769. The molecule has 0 spiro atoms. The normalized spacial score (nSPS) is 10.4. The Labute approximate surface area is 138 Å². The summed E-state index contributed by atoms with van der Waals surface area (Å²) in [7, 11) is 0. The first-order valence-corrected chi connectivity index (χ1v) is 7.82. The average molecular weight is 457 g/mol. The van der Waals surface area contributed by atoms with E-state index in [1.54, 1.807) is 0 Å². The van der Waals surface area contributed by atoms with Crippen LogP contribution >= 0.6 is 61.7 Å². The predicted octanol–water partition coefficient (Wildman–Crippen LogP) is 5.97. The Kier molecular flexibility index (Phi) is 5.18. The van der Waals surface area contributed by atoms with Gasteiger partial charge in [0, 0.05) is 14.6 Å². The van der Waals surface area contributed by atoms with Gasteiger partial charge in [-0.05, 0) is 74.4 Å². The molecule has 0 aliphatic heterocycles. The van der Waals surface area contributed by atoms with E-state index < -0.39 is 0 Å². The lowest BCUT2D eigenvalue weighted by molar-refractivity contribution is 1.15. The third kappa shape index (κ3) is 3.76. The van der Waals surface area contributed by atoms with Gasteiger partial charge < -0.3 is 5.32 Å². The molecule has 1 N–H and O–H groups in total. The van der Waals surface area contributed by atoms with Crippen molar-refractivity contribution in [3.8, 4) is 0 Å². The van der Waals surface area contributed by atoms with Crippen LogP contribution in [0.25, 0.3) is 0 Å². The Hall–Kier alpha value is 0.0300. The summed E-state index contributed by atoms with van der Waals surface area (Å²) >= 11 is 17.8. The van der Waals surface area contributed by atoms with Crippen molar-refractivity contribution < 1.29 is 0 Å². The van der Waals surface area contributed by atoms with Crippen molar-refractivity contribution in [2.24, 2.45) is 0 Å². The van der Waals surface area contributed by atoms with Crippen molar-refractivity contribution >= 4 is 67.4 Å². The highest BCUT2D eigenvalue weighted by Gasteiger charge is 2.02. The van der Waals surface area contributed by atoms with E-state index in [9.17, 15) is 0 Å². The van der Waals surface area contributed by atoms with Crippen LogP contribution in [0, 0.1) is 3.57 Å². The van der Waals surface area contributed by atoms with Crippen LogP contribution in [0.15, 0.2) is 40.9 Å². The fourth-order valence-electron chi connectivity index (χ4n) is 1.48. The maximum Gasteiger partial charge on any atom is 0.0638 e. The predicted molar refractivity (Wildman–Crippen MR) is 90.6 cm³/mol. The molecule has 0 saturated carbocycles. The van der Waals surface area contributed by atoms with Crippen molar-refractivity contribution in [3.05, 3.63) is 60.0 Å². The van der Waals surface area contributed by atoms with Crippen LogP contribution in [0.4, 0.5) is 5.69 Å². The molecule has 0 aliphatic rings. The van der Waals surface area contributed by atoms with Gasteiger partial charge in [-0.2, -0.15) is 0 Å². The number of hydrogen-bond acceptors (Lipinski definition) is 1. The van der Waals surface area contributed by atoms with Gasteiger partial charge in [-0.25, -0.2) is 0 Å². The SMILES string of the molecule is Clc1ccc(CNc2cc(I)ccc2Cl)cc1Br. The van der Waals surface area contributed by atoms with Gasteiger partial charge in [0.1, 0.15) is 0 Å². The van der Waals surface area contributed by atoms with Gasteiger partial charge in [-0.3, -0.25) is 0 Å². The lowest BCUT2D eigenvalue weighted by Gasteiger charge is -2.09. The molecule has 0 aromatic heterocycles. The summed E-state index contributed by atoms with van der Waals surface area (Å²) in [6.07, 6.45) is 0. The Morgan fingerprint density at radius 3 is 2.50 bits per heavy atom. The standard InChI is InChI=1S/C13H9BrCl2IN/c14-10-5-8(1-3-11(10)15)7-18-13-6-9(17)2-4-12(13)16/h1-6,18H,7H2. The summed E-state index contributed by atoms with van der Waals surface area (Å²) in [5.41, 5.74) is 2.08. The minimum Gasteiger partial charge on any atom is -0.380 e. The lowest BCUT2D eigenvalue weighted by Crippen LogP contribution is -2.00. The second kappa shape index (κ2) is 6.46. The molecule has 94 valence electrons. The average Bonchev–Trinajstić information content (AvgIpc) is 2.34. The highest BCUT2D eigenvalue weighted by atomic mass is 127. The van der Waals surface area contributed by atoms with Crippen LogP contribution < -0.4 is 5.32 Å². The second-order valence-electron chi connectivity index (χ2n) is 3.73. The van der Waals surface area contributed by atoms with Gasteiger partial charge in [0.2, 0.25) is 0 Å². The van der Waals surface area contributed by atoms with Crippen LogP contribution in [0.1, 0.15) is 5.56 Å². The van der Waals surface area contributed by atoms with Gasteiger partial charge in [-0.1, -0.05) is 29.3 Å². The van der Waals surface area contributed by atoms with Crippen LogP contribution in [-0.2, 0) is 6.54 Å². The maximum atomic E-state index is 6.12. The quantitative estimate of drug-likeness (QED) is 0.561. The van der Waals surface area contributed by atoms with Gasteiger partial charge in [-0.15, -0.1) is 0 Å². The molecule has 0 atom stereocenters. The van der Waals surface area contributed by atoms with E-state index in [1.807, 2.05) is 36.4 Å². The van der Waals surface area contributed by atoms with Gasteiger partial charge >= 0.3 is 0 Å². The topological polar surface area (TPSA) is 12.0 Å². The highest BCUT2D eigenvalue weighted by Crippen LogP contribution is 2.26. The molecule has 0 aliphatic carbocycles. The Morgan fingerprint density at radius 2 is 1.78 bits per heavy atom. The van der Waals surface area contributed by atoms with E-state index in [0.717, 1.165) is 24.3 Å². The first-order valence-electron chi connectivity index (χ1n) is 5.19. The number of anilines is 1. The Balaban J connectivity index is 2.11. The number of hydrogen-bond donors (Lipinski definition) is 1. The lowest BCUT2D eigenvalue weighted by atomic mass is 10.2. The smallest absolute Gasteiger partial charge is 0.0638 e. The molecule has 0 heterocycles. The molecular weight excluding hydrogens is 448 g/mol. The largest absolute Gasteiger partial charge is 0.380 e. The van der Waals surface area contributed by atoms with Crippen molar-refractivity contribution in [1.29, 1.82) is 0 Å². The van der Waals surface area contributed by atoms with E-state index in [0.29, 0.717) is 11.6 Å². The van der Waals surface area contributed by atoms with Crippen LogP contribution in [0.2, 0.25) is 10.0 Å². The van der Waals surface area contributed by atoms with Crippen molar-refractivity contribution in [2.45, 2.75) is 6.54 Å². The summed E-state index contributed by atoms with van der Waals surface area (Å²) in [5, 5.41) is 4.76. The van der Waals surface area contributed by atoms with E-state index >= 15 is 0 Å². The van der Waals surface area contributed by atoms with E-state index in [1.165, 1.54) is 0 Å². The molecule has 2 aromatic rings. The monoisotopic (exact) mass is 455 g/mol. The number of rotatable bonds is 3. The second-order valence-corrected chi connectivity index (χ2v) is 6.64. The first-order chi connectivity index (χ1) is 8.56. The molecule has 5 heteroatoms. The molecule has 0 radical (unpaired) electrons. The van der Waals surface area contributed by atoms with Crippen LogP contribution in [0.3, 0.4) is 0 Å².